The van der Waals surface area contributed by atoms with Crippen molar-refractivity contribution in [2.45, 2.75) is 9.92 Å². The van der Waals surface area contributed by atoms with Crippen molar-refractivity contribution >= 4 is 45.9 Å². The third-order valence-corrected chi connectivity index (χ3v) is 5.61. The van der Waals surface area contributed by atoms with E-state index in [1.165, 1.54) is 0 Å². The molecule has 0 saturated carbocycles. The van der Waals surface area contributed by atoms with Gasteiger partial charge in [-0.05, 0) is 35.9 Å². The molecule has 0 amide bonds. The quantitative estimate of drug-likeness (QED) is 0.367. The predicted molar refractivity (Wildman–Crippen MR) is 108 cm³/mol. The molecule has 0 aliphatic heterocycles. The fourth-order valence-corrected chi connectivity index (χ4v) is 4.12. The van der Waals surface area contributed by atoms with Crippen molar-refractivity contribution in [3.8, 4) is 11.1 Å². The van der Waals surface area contributed by atoms with Gasteiger partial charge in [0, 0.05) is 20.9 Å². The summed E-state index contributed by atoms with van der Waals surface area (Å²) in [6, 6.07) is 26.1. The number of rotatable bonds is 3. The summed E-state index contributed by atoms with van der Waals surface area (Å²) >= 11 is 13.9. The van der Waals surface area contributed by atoms with Gasteiger partial charge in [-0.25, -0.2) is 4.98 Å². The zero-order valence-corrected chi connectivity index (χ0v) is 15.4. The number of aromatic nitrogens is 1. The Balaban J connectivity index is 1.88. The normalized spacial score (nSPS) is 11.0. The van der Waals surface area contributed by atoms with Crippen LogP contribution in [0, 0.1) is 0 Å². The summed E-state index contributed by atoms with van der Waals surface area (Å²) in [4.78, 5) is 5.82. The van der Waals surface area contributed by atoms with Gasteiger partial charge in [0.15, 0.2) is 0 Å². The molecule has 0 N–H and O–H groups in total. The summed E-state index contributed by atoms with van der Waals surface area (Å²) in [5.41, 5.74) is 3.19. The van der Waals surface area contributed by atoms with Crippen molar-refractivity contribution < 1.29 is 0 Å². The number of para-hydroxylation sites is 1. The molecular weight excluding hydrogens is 369 g/mol. The molecule has 3 aromatic carbocycles. The molecule has 1 nitrogen and oxygen atoms in total. The van der Waals surface area contributed by atoms with Crippen LogP contribution in [-0.4, -0.2) is 4.98 Å². The number of nitrogens with zero attached hydrogens (tertiary/aromatic N) is 1. The van der Waals surface area contributed by atoms with Crippen molar-refractivity contribution in [3.63, 3.8) is 0 Å². The lowest BCUT2D eigenvalue weighted by Gasteiger charge is -2.12. The molecule has 4 aromatic rings. The van der Waals surface area contributed by atoms with E-state index in [2.05, 4.69) is 24.3 Å². The Labute approximate surface area is 160 Å². The minimum atomic E-state index is 0.629. The molecule has 122 valence electrons. The second-order valence-electron chi connectivity index (χ2n) is 5.58. The van der Waals surface area contributed by atoms with Crippen LogP contribution in [0.5, 0.6) is 0 Å². The monoisotopic (exact) mass is 381 g/mol. The first-order valence-corrected chi connectivity index (χ1v) is 9.36. The molecule has 0 radical (unpaired) electrons. The number of pyridine rings is 1. The molecule has 0 aliphatic rings. The van der Waals surface area contributed by atoms with Gasteiger partial charge in [0.05, 0.1) is 10.5 Å². The van der Waals surface area contributed by atoms with Gasteiger partial charge >= 0.3 is 0 Å². The van der Waals surface area contributed by atoms with Crippen molar-refractivity contribution in [2.75, 3.05) is 0 Å². The molecule has 4 rings (SSSR count). The van der Waals surface area contributed by atoms with E-state index >= 15 is 0 Å². The van der Waals surface area contributed by atoms with E-state index in [0.29, 0.717) is 10.0 Å². The summed E-state index contributed by atoms with van der Waals surface area (Å²) < 4.78 is 0. The summed E-state index contributed by atoms with van der Waals surface area (Å²) in [6.45, 7) is 0. The van der Waals surface area contributed by atoms with E-state index in [4.69, 9.17) is 28.2 Å². The molecule has 0 atom stereocenters. The third-order valence-electron chi connectivity index (χ3n) is 3.87. The van der Waals surface area contributed by atoms with Crippen LogP contribution in [0.3, 0.4) is 0 Å². The number of hydrogen-bond donors (Lipinski definition) is 0. The molecule has 1 heterocycles. The zero-order chi connectivity index (χ0) is 17.2. The molecule has 0 saturated heterocycles. The van der Waals surface area contributed by atoms with E-state index in [-0.39, 0.29) is 0 Å². The SMILES string of the molecule is Clc1ccc(Sc2nc3ccccc3cc2-c2ccccc2)c(Cl)c1. The summed E-state index contributed by atoms with van der Waals surface area (Å²) in [6.07, 6.45) is 0. The van der Waals surface area contributed by atoms with Crippen LogP contribution in [0.2, 0.25) is 10.0 Å². The van der Waals surface area contributed by atoms with Gasteiger partial charge in [-0.2, -0.15) is 0 Å². The average molecular weight is 382 g/mol. The molecule has 0 spiro atoms. The highest BCUT2D eigenvalue weighted by molar-refractivity contribution is 7.99. The summed E-state index contributed by atoms with van der Waals surface area (Å²) in [7, 11) is 0. The van der Waals surface area contributed by atoms with Crippen molar-refractivity contribution in [1.29, 1.82) is 0 Å². The fraction of sp³-hybridized carbons (Fsp3) is 0. The smallest absolute Gasteiger partial charge is 0.109 e. The number of halogens is 2. The van der Waals surface area contributed by atoms with Gasteiger partial charge in [0.2, 0.25) is 0 Å². The molecule has 0 bridgehead atoms. The van der Waals surface area contributed by atoms with Crippen molar-refractivity contribution in [2.24, 2.45) is 0 Å². The van der Waals surface area contributed by atoms with Gasteiger partial charge in [-0.3, -0.25) is 0 Å². The molecule has 0 aliphatic carbocycles. The molecule has 4 heteroatoms. The zero-order valence-electron chi connectivity index (χ0n) is 13.1. The maximum absolute atomic E-state index is 6.36. The maximum Gasteiger partial charge on any atom is 0.109 e. The Hall–Kier alpha value is -2.00. The van der Waals surface area contributed by atoms with Crippen LogP contribution >= 0.6 is 35.0 Å². The van der Waals surface area contributed by atoms with E-state index in [1.54, 1.807) is 17.8 Å². The lowest BCUT2D eigenvalue weighted by atomic mass is 10.1. The van der Waals surface area contributed by atoms with Gasteiger partial charge in [-0.1, -0.05) is 83.5 Å². The molecule has 25 heavy (non-hydrogen) atoms. The second-order valence-corrected chi connectivity index (χ2v) is 7.45. The standard InChI is InChI=1S/C21H13Cl2NS/c22-16-10-11-20(18(23)13-16)25-21-17(14-6-2-1-3-7-14)12-15-8-4-5-9-19(15)24-21/h1-13H. The van der Waals surface area contributed by atoms with Crippen LogP contribution in [0.4, 0.5) is 0 Å². The van der Waals surface area contributed by atoms with Crippen LogP contribution in [0.25, 0.3) is 22.0 Å². The van der Waals surface area contributed by atoms with Gasteiger partial charge in [0.1, 0.15) is 5.03 Å². The fourth-order valence-electron chi connectivity index (χ4n) is 2.66. The van der Waals surface area contributed by atoms with Crippen molar-refractivity contribution in [1.82, 2.24) is 4.98 Å². The van der Waals surface area contributed by atoms with Crippen molar-refractivity contribution in [3.05, 3.63) is 88.9 Å². The summed E-state index contributed by atoms with van der Waals surface area (Å²) in [5, 5.41) is 3.30. The number of hydrogen-bond acceptors (Lipinski definition) is 2. The van der Waals surface area contributed by atoms with Gasteiger partial charge in [0.25, 0.3) is 0 Å². The third kappa shape index (κ3) is 3.52. The highest BCUT2D eigenvalue weighted by Crippen LogP contribution is 2.39. The highest BCUT2D eigenvalue weighted by Gasteiger charge is 2.12. The van der Waals surface area contributed by atoms with Crippen LogP contribution < -0.4 is 0 Å². The molecule has 1 aromatic heterocycles. The minimum absolute atomic E-state index is 0.629. The first-order chi connectivity index (χ1) is 12.2. The maximum atomic E-state index is 6.36. The van der Waals surface area contributed by atoms with E-state index in [0.717, 1.165) is 32.0 Å². The van der Waals surface area contributed by atoms with Crippen LogP contribution in [0.1, 0.15) is 0 Å². The number of benzene rings is 3. The first kappa shape index (κ1) is 16.5. The Morgan fingerprint density at radius 3 is 2.32 bits per heavy atom. The first-order valence-electron chi connectivity index (χ1n) is 7.79. The van der Waals surface area contributed by atoms with Crippen LogP contribution in [0.15, 0.2) is 88.8 Å². The van der Waals surface area contributed by atoms with Gasteiger partial charge < -0.3 is 0 Å². The Morgan fingerprint density at radius 2 is 1.52 bits per heavy atom. The topological polar surface area (TPSA) is 12.9 Å². The largest absolute Gasteiger partial charge is 0.240 e. The lowest BCUT2D eigenvalue weighted by Crippen LogP contribution is -1.89. The lowest BCUT2D eigenvalue weighted by molar-refractivity contribution is 1.19. The van der Waals surface area contributed by atoms with E-state index in [1.807, 2.05) is 48.5 Å². The predicted octanol–water partition coefficient (Wildman–Crippen LogP) is 7.36. The molecular formula is C21H13Cl2NS. The minimum Gasteiger partial charge on any atom is -0.240 e. The van der Waals surface area contributed by atoms with E-state index < -0.39 is 0 Å². The summed E-state index contributed by atoms with van der Waals surface area (Å²) in [5.74, 6) is 0. The molecule has 0 fully saturated rings. The Kier molecular flexibility index (Phi) is 4.67. The van der Waals surface area contributed by atoms with E-state index in [9.17, 15) is 0 Å². The number of fused-ring (bicyclic) bond motifs is 1. The van der Waals surface area contributed by atoms with Gasteiger partial charge in [-0.15, -0.1) is 0 Å². The Morgan fingerprint density at radius 1 is 0.760 bits per heavy atom. The Bertz CT molecular complexity index is 1050. The second kappa shape index (κ2) is 7.09. The van der Waals surface area contributed by atoms with Crippen LogP contribution in [-0.2, 0) is 0 Å². The molecule has 0 unspecified atom stereocenters. The average Bonchev–Trinajstić information content (AvgIpc) is 2.64. The highest BCUT2D eigenvalue weighted by atomic mass is 35.5.